The van der Waals surface area contributed by atoms with Crippen LogP contribution in [-0.4, -0.2) is 43.9 Å². The molecule has 2 N–H and O–H groups in total. The largest absolute Gasteiger partial charge is 0.494 e. The quantitative estimate of drug-likeness (QED) is 0.455. The average Bonchev–Trinajstić information content (AvgIpc) is 2.89. The van der Waals surface area contributed by atoms with Crippen LogP contribution in [0.1, 0.15) is 56.6 Å². The van der Waals surface area contributed by atoms with Crippen LogP contribution in [0.3, 0.4) is 0 Å². The Hall–Kier alpha value is -2.94. The Labute approximate surface area is 216 Å². The molecule has 9 heteroatoms. The Morgan fingerprint density at radius 2 is 1.68 bits per heavy atom. The SMILES string of the molecule is CCOc1ccc(COC(=O)NC2CCCCC2NC2CCCN(c3ccc(C(F)(F)F)cc3)C2)cc1. The number of halogens is 3. The first-order valence-electron chi connectivity index (χ1n) is 13.1. The third-order valence-corrected chi connectivity index (χ3v) is 7.10. The molecule has 0 aromatic heterocycles. The lowest BCUT2D eigenvalue weighted by atomic mass is 9.89. The Kier molecular flexibility index (Phi) is 9.18. The Morgan fingerprint density at radius 1 is 0.973 bits per heavy atom. The van der Waals surface area contributed by atoms with Gasteiger partial charge in [0.1, 0.15) is 12.4 Å². The number of carbonyl (C=O) groups excluding carboxylic acids is 1. The number of alkyl carbamates (subject to hydrolysis) is 1. The van der Waals surface area contributed by atoms with Crippen molar-refractivity contribution in [3.8, 4) is 5.75 Å². The minimum Gasteiger partial charge on any atom is -0.494 e. The predicted molar refractivity (Wildman–Crippen MR) is 137 cm³/mol. The van der Waals surface area contributed by atoms with E-state index in [0.29, 0.717) is 6.61 Å². The summed E-state index contributed by atoms with van der Waals surface area (Å²) >= 11 is 0. The molecule has 1 heterocycles. The monoisotopic (exact) mass is 519 g/mol. The highest BCUT2D eigenvalue weighted by molar-refractivity contribution is 5.67. The number of alkyl halides is 3. The molecule has 3 unspecified atom stereocenters. The van der Waals surface area contributed by atoms with Crippen molar-refractivity contribution in [2.75, 3.05) is 24.6 Å². The van der Waals surface area contributed by atoms with E-state index in [0.717, 1.165) is 80.7 Å². The molecule has 202 valence electrons. The van der Waals surface area contributed by atoms with Gasteiger partial charge in [-0.15, -0.1) is 0 Å². The fraction of sp³-hybridized carbons (Fsp3) is 0.536. The van der Waals surface area contributed by atoms with E-state index in [1.165, 1.54) is 0 Å². The Bertz CT molecular complexity index is 998. The van der Waals surface area contributed by atoms with Crippen molar-refractivity contribution in [3.05, 3.63) is 59.7 Å². The van der Waals surface area contributed by atoms with Crippen LogP contribution in [-0.2, 0) is 17.5 Å². The smallest absolute Gasteiger partial charge is 0.416 e. The van der Waals surface area contributed by atoms with Crippen LogP contribution >= 0.6 is 0 Å². The molecule has 0 radical (unpaired) electrons. The zero-order valence-electron chi connectivity index (χ0n) is 21.2. The van der Waals surface area contributed by atoms with E-state index in [1.807, 2.05) is 31.2 Å². The van der Waals surface area contributed by atoms with E-state index >= 15 is 0 Å². The highest BCUT2D eigenvalue weighted by Gasteiger charge is 2.32. The van der Waals surface area contributed by atoms with Crippen LogP contribution < -0.4 is 20.3 Å². The highest BCUT2D eigenvalue weighted by Crippen LogP contribution is 2.31. The molecule has 1 aliphatic heterocycles. The number of nitrogens with one attached hydrogen (secondary N) is 2. The van der Waals surface area contributed by atoms with Crippen LogP contribution in [0, 0.1) is 0 Å². The summed E-state index contributed by atoms with van der Waals surface area (Å²) in [7, 11) is 0. The summed E-state index contributed by atoms with van der Waals surface area (Å²) in [5, 5.41) is 6.79. The summed E-state index contributed by atoms with van der Waals surface area (Å²) < 4.78 is 49.7. The van der Waals surface area contributed by atoms with Crippen molar-refractivity contribution < 1.29 is 27.4 Å². The second-order valence-electron chi connectivity index (χ2n) is 9.79. The van der Waals surface area contributed by atoms with E-state index in [9.17, 15) is 18.0 Å². The molecule has 2 fully saturated rings. The lowest BCUT2D eigenvalue weighted by molar-refractivity contribution is -0.137. The standard InChI is InChI=1S/C28H36F3N3O3/c1-2-36-24-15-9-20(10-16-24)19-37-27(35)33-26-8-4-3-7-25(26)32-22-6-5-17-34(18-22)23-13-11-21(12-14-23)28(29,30)31/h9-16,22,25-26,32H,2-8,17-19H2,1H3,(H,33,35). The number of piperidine rings is 1. The summed E-state index contributed by atoms with van der Waals surface area (Å²) in [6.45, 7) is 4.25. The van der Waals surface area contributed by atoms with Gasteiger partial charge in [0, 0.05) is 36.9 Å². The van der Waals surface area contributed by atoms with Gasteiger partial charge in [-0.2, -0.15) is 13.2 Å². The number of anilines is 1. The first kappa shape index (κ1) is 27.1. The maximum atomic E-state index is 12.9. The molecule has 4 rings (SSSR count). The van der Waals surface area contributed by atoms with Gasteiger partial charge in [0.25, 0.3) is 0 Å². The van der Waals surface area contributed by atoms with Gasteiger partial charge in [-0.3, -0.25) is 0 Å². The van der Waals surface area contributed by atoms with Gasteiger partial charge >= 0.3 is 12.3 Å². The summed E-state index contributed by atoms with van der Waals surface area (Å²) in [6, 6.07) is 13.2. The lowest BCUT2D eigenvalue weighted by Gasteiger charge is -2.40. The molecule has 2 aromatic carbocycles. The van der Waals surface area contributed by atoms with Crippen molar-refractivity contribution in [2.24, 2.45) is 0 Å². The molecule has 1 aliphatic carbocycles. The third-order valence-electron chi connectivity index (χ3n) is 7.10. The van der Waals surface area contributed by atoms with Gasteiger partial charge < -0.3 is 25.0 Å². The number of ether oxygens (including phenoxy) is 2. The maximum absolute atomic E-state index is 12.9. The summed E-state index contributed by atoms with van der Waals surface area (Å²) in [4.78, 5) is 14.7. The van der Waals surface area contributed by atoms with E-state index in [-0.39, 0.29) is 24.7 Å². The van der Waals surface area contributed by atoms with Gasteiger partial charge in [0.15, 0.2) is 0 Å². The lowest BCUT2D eigenvalue weighted by Crippen LogP contribution is -2.57. The molecule has 3 atom stereocenters. The summed E-state index contributed by atoms with van der Waals surface area (Å²) in [5.74, 6) is 0.784. The van der Waals surface area contributed by atoms with Crippen molar-refractivity contribution >= 4 is 11.8 Å². The second-order valence-corrected chi connectivity index (χ2v) is 9.79. The Balaban J connectivity index is 1.28. The van der Waals surface area contributed by atoms with Crippen molar-refractivity contribution in [1.82, 2.24) is 10.6 Å². The molecular formula is C28H36F3N3O3. The van der Waals surface area contributed by atoms with E-state index in [1.54, 1.807) is 12.1 Å². The first-order chi connectivity index (χ1) is 17.8. The number of rotatable bonds is 8. The van der Waals surface area contributed by atoms with Crippen LogP contribution in [0.15, 0.2) is 48.5 Å². The fourth-order valence-electron chi connectivity index (χ4n) is 5.21. The van der Waals surface area contributed by atoms with Crippen LogP contribution in [0.5, 0.6) is 5.75 Å². The van der Waals surface area contributed by atoms with E-state index in [4.69, 9.17) is 9.47 Å². The molecule has 1 saturated carbocycles. The number of amides is 1. The molecule has 2 aliphatic rings. The van der Waals surface area contributed by atoms with E-state index in [2.05, 4.69) is 15.5 Å². The van der Waals surface area contributed by atoms with Crippen LogP contribution in [0.2, 0.25) is 0 Å². The average molecular weight is 520 g/mol. The normalized spacial score (nSPS) is 22.4. The van der Waals surface area contributed by atoms with Crippen LogP contribution in [0.4, 0.5) is 23.7 Å². The van der Waals surface area contributed by atoms with Gasteiger partial charge in [0.2, 0.25) is 0 Å². The zero-order valence-corrected chi connectivity index (χ0v) is 21.2. The minimum absolute atomic E-state index is 0.0250. The van der Waals surface area contributed by atoms with Gasteiger partial charge in [-0.1, -0.05) is 25.0 Å². The number of benzene rings is 2. The summed E-state index contributed by atoms with van der Waals surface area (Å²) in [5.41, 5.74) is 1.06. The molecule has 0 spiro atoms. The van der Waals surface area contributed by atoms with Gasteiger partial charge in [0.05, 0.1) is 12.2 Å². The molecule has 37 heavy (non-hydrogen) atoms. The van der Waals surface area contributed by atoms with Gasteiger partial charge in [-0.05, 0) is 74.6 Å². The Morgan fingerprint density at radius 3 is 2.35 bits per heavy atom. The van der Waals surface area contributed by atoms with Crippen LogP contribution in [0.25, 0.3) is 0 Å². The summed E-state index contributed by atoms with van der Waals surface area (Å²) in [6.07, 6.45) is 1.16. The van der Waals surface area contributed by atoms with Gasteiger partial charge in [-0.25, -0.2) is 4.79 Å². The predicted octanol–water partition coefficient (Wildman–Crippen LogP) is 5.90. The number of hydrogen-bond acceptors (Lipinski definition) is 5. The molecule has 0 bridgehead atoms. The zero-order chi connectivity index (χ0) is 26.3. The number of carbonyl (C=O) groups is 1. The highest BCUT2D eigenvalue weighted by atomic mass is 19.4. The van der Waals surface area contributed by atoms with Crippen molar-refractivity contribution in [2.45, 2.75) is 76.4 Å². The minimum atomic E-state index is -4.33. The number of nitrogens with zero attached hydrogens (tertiary/aromatic N) is 1. The van der Waals surface area contributed by atoms with E-state index < -0.39 is 17.8 Å². The number of hydrogen-bond donors (Lipinski definition) is 2. The molecule has 1 saturated heterocycles. The fourth-order valence-corrected chi connectivity index (χ4v) is 5.21. The van der Waals surface area contributed by atoms with Crippen molar-refractivity contribution in [1.29, 1.82) is 0 Å². The topological polar surface area (TPSA) is 62.8 Å². The molecule has 6 nitrogen and oxygen atoms in total. The third kappa shape index (κ3) is 7.77. The first-order valence-corrected chi connectivity index (χ1v) is 13.1. The maximum Gasteiger partial charge on any atom is 0.416 e. The van der Waals surface area contributed by atoms with Crippen molar-refractivity contribution in [3.63, 3.8) is 0 Å². The molecule has 1 amide bonds. The second kappa shape index (κ2) is 12.5. The molecule has 2 aromatic rings. The molecular weight excluding hydrogens is 483 g/mol.